The summed E-state index contributed by atoms with van der Waals surface area (Å²) < 4.78 is 1.43. The SMILES string of the molecule is CN1CCCc2cc(NC(=O)Cn3cc(NC(=O)C4CCC4)nn3)ccc21. The fraction of sp³-hybridized carbons (Fsp3) is 0.474. The summed E-state index contributed by atoms with van der Waals surface area (Å²) in [5.74, 6) is 0.274. The Morgan fingerprint density at radius 2 is 2.07 bits per heavy atom. The van der Waals surface area contributed by atoms with Crippen LogP contribution in [0.4, 0.5) is 17.2 Å². The van der Waals surface area contributed by atoms with E-state index in [1.54, 1.807) is 6.20 Å². The van der Waals surface area contributed by atoms with Crippen LogP contribution in [-0.2, 0) is 22.6 Å². The van der Waals surface area contributed by atoms with Crippen LogP contribution in [0, 0.1) is 5.92 Å². The number of amides is 2. The molecule has 0 radical (unpaired) electrons. The number of nitrogens with one attached hydrogen (secondary N) is 2. The molecule has 2 N–H and O–H groups in total. The second-order valence-electron chi connectivity index (χ2n) is 7.34. The maximum atomic E-state index is 12.3. The van der Waals surface area contributed by atoms with Crippen LogP contribution < -0.4 is 15.5 Å². The van der Waals surface area contributed by atoms with Gasteiger partial charge in [0.2, 0.25) is 11.8 Å². The van der Waals surface area contributed by atoms with E-state index in [2.05, 4.69) is 32.9 Å². The number of hydrogen-bond acceptors (Lipinski definition) is 5. The Morgan fingerprint density at radius 1 is 1.22 bits per heavy atom. The van der Waals surface area contributed by atoms with Crippen molar-refractivity contribution in [3.05, 3.63) is 30.0 Å². The van der Waals surface area contributed by atoms with E-state index in [1.807, 2.05) is 18.2 Å². The predicted molar refractivity (Wildman–Crippen MR) is 103 cm³/mol. The Hall–Kier alpha value is -2.90. The molecule has 1 fully saturated rings. The third-order valence-electron chi connectivity index (χ3n) is 5.29. The fourth-order valence-corrected chi connectivity index (χ4v) is 3.54. The number of benzene rings is 1. The number of aryl methyl sites for hydroxylation is 1. The number of anilines is 3. The molecule has 1 aliphatic heterocycles. The normalized spacial score (nSPS) is 16.4. The lowest BCUT2D eigenvalue weighted by molar-refractivity contribution is -0.122. The highest BCUT2D eigenvalue weighted by Gasteiger charge is 2.25. The summed E-state index contributed by atoms with van der Waals surface area (Å²) in [6.45, 7) is 1.11. The highest BCUT2D eigenvalue weighted by molar-refractivity contribution is 5.92. The summed E-state index contributed by atoms with van der Waals surface area (Å²) >= 11 is 0. The molecular formula is C19H24N6O2. The van der Waals surface area contributed by atoms with E-state index in [-0.39, 0.29) is 24.3 Å². The lowest BCUT2D eigenvalue weighted by atomic mass is 9.85. The van der Waals surface area contributed by atoms with E-state index in [9.17, 15) is 9.59 Å². The van der Waals surface area contributed by atoms with Crippen LogP contribution in [0.1, 0.15) is 31.2 Å². The maximum Gasteiger partial charge on any atom is 0.246 e. The zero-order chi connectivity index (χ0) is 18.8. The molecule has 0 bridgehead atoms. The monoisotopic (exact) mass is 368 g/mol. The van der Waals surface area contributed by atoms with Gasteiger partial charge in [0.15, 0.2) is 5.82 Å². The van der Waals surface area contributed by atoms with Crippen molar-refractivity contribution in [2.45, 2.75) is 38.6 Å². The number of fused-ring (bicyclic) bond motifs is 1. The van der Waals surface area contributed by atoms with Crippen LogP contribution in [0.15, 0.2) is 24.4 Å². The number of aromatic nitrogens is 3. The first kappa shape index (κ1) is 17.5. The third-order valence-corrected chi connectivity index (χ3v) is 5.29. The quantitative estimate of drug-likeness (QED) is 0.843. The van der Waals surface area contributed by atoms with Gasteiger partial charge in [-0.25, -0.2) is 4.68 Å². The average molecular weight is 368 g/mol. The Labute approximate surface area is 157 Å². The lowest BCUT2D eigenvalue weighted by Gasteiger charge is -2.27. The van der Waals surface area contributed by atoms with Crippen molar-refractivity contribution in [3.8, 4) is 0 Å². The molecule has 2 aromatic rings. The van der Waals surface area contributed by atoms with Crippen LogP contribution in [0.5, 0.6) is 0 Å². The minimum absolute atomic E-state index is 0.0169. The van der Waals surface area contributed by atoms with Gasteiger partial charge in [-0.05, 0) is 49.4 Å². The summed E-state index contributed by atoms with van der Waals surface area (Å²) in [4.78, 5) is 26.5. The van der Waals surface area contributed by atoms with Crippen LogP contribution in [0.25, 0.3) is 0 Å². The molecule has 2 aliphatic rings. The first-order valence-electron chi connectivity index (χ1n) is 9.43. The summed E-state index contributed by atoms with van der Waals surface area (Å²) in [6, 6.07) is 6.01. The van der Waals surface area contributed by atoms with Crippen LogP contribution in [-0.4, -0.2) is 40.4 Å². The van der Waals surface area contributed by atoms with Gasteiger partial charge < -0.3 is 15.5 Å². The molecule has 1 saturated carbocycles. The molecule has 4 rings (SSSR count). The Kier molecular flexibility index (Phi) is 4.79. The predicted octanol–water partition coefficient (Wildman–Crippen LogP) is 2.04. The largest absolute Gasteiger partial charge is 0.374 e. The lowest BCUT2D eigenvalue weighted by Crippen LogP contribution is -2.28. The zero-order valence-corrected chi connectivity index (χ0v) is 15.4. The van der Waals surface area contributed by atoms with Gasteiger partial charge in [0.25, 0.3) is 0 Å². The molecule has 8 nitrogen and oxygen atoms in total. The number of nitrogens with zero attached hydrogens (tertiary/aromatic N) is 4. The maximum absolute atomic E-state index is 12.3. The summed E-state index contributed by atoms with van der Waals surface area (Å²) in [5.41, 5.74) is 3.26. The molecule has 2 heterocycles. The van der Waals surface area contributed by atoms with Crippen molar-refractivity contribution in [1.29, 1.82) is 0 Å². The van der Waals surface area contributed by atoms with Gasteiger partial charge >= 0.3 is 0 Å². The van der Waals surface area contributed by atoms with E-state index < -0.39 is 0 Å². The van der Waals surface area contributed by atoms with Crippen molar-refractivity contribution in [2.24, 2.45) is 5.92 Å². The molecule has 1 aromatic heterocycles. The van der Waals surface area contributed by atoms with Crippen LogP contribution >= 0.6 is 0 Å². The Balaban J connectivity index is 1.33. The molecule has 142 valence electrons. The molecule has 0 unspecified atom stereocenters. The minimum atomic E-state index is -0.180. The standard InChI is InChI=1S/C19H24N6O2/c1-24-9-3-6-14-10-15(7-8-16(14)24)20-18(26)12-25-11-17(22-23-25)21-19(27)13-4-2-5-13/h7-8,10-11,13H,2-6,9,12H2,1H3,(H,20,26)(H,21,27). The second kappa shape index (κ2) is 7.38. The number of carbonyl (C=O) groups is 2. The fourth-order valence-electron chi connectivity index (χ4n) is 3.54. The third kappa shape index (κ3) is 3.94. The van der Waals surface area contributed by atoms with Crippen molar-refractivity contribution in [3.63, 3.8) is 0 Å². The highest BCUT2D eigenvalue weighted by Crippen LogP contribution is 2.29. The van der Waals surface area contributed by atoms with Crippen LogP contribution in [0.3, 0.4) is 0 Å². The molecule has 8 heteroatoms. The molecule has 0 saturated heterocycles. The van der Waals surface area contributed by atoms with Gasteiger partial charge in [0, 0.05) is 30.9 Å². The zero-order valence-electron chi connectivity index (χ0n) is 15.4. The van der Waals surface area contributed by atoms with E-state index in [4.69, 9.17) is 0 Å². The minimum Gasteiger partial charge on any atom is -0.374 e. The molecular weight excluding hydrogens is 344 g/mol. The summed E-state index contributed by atoms with van der Waals surface area (Å²) in [6.07, 6.45) is 6.69. The van der Waals surface area contributed by atoms with Gasteiger partial charge in [-0.1, -0.05) is 11.6 Å². The van der Waals surface area contributed by atoms with E-state index in [1.165, 1.54) is 15.9 Å². The molecule has 1 aromatic carbocycles. The van der Waals surface area contributed by atoms with Gasteiger partial charge in [-0.3, -0.25) is 9.59 Å². The Bertz CT molecular complexity index is 858. The van der Waals surface area contributed by atoms with E-state index in [0.717, 1.165) is 44.3 Å². The molecule has 2 amide bonds. The van der Waals surface area contributed by atoms with Crippen LogP contribution in [0.2, 0.25) is 0 Å². The average Bonchev–Trinajstić information content (AvgIpc) is 3.00. The van der Waals surface area contributed by atoms with E-state index >= 15 is 0 Å². The van der Waals surface area contributed by atoms with Crippen molar-refractivity contribution in [1.82, 2.24) is 15.0 Å². The first-order chi connectivity index (χ1) is 13.1. The van der Waals surface area contributed by atoms with Gasteiger partial charge in [0.1, 0.15) is 6.54 Å². The molecule has 0 spiro atoms. The number of rotatable bonds is 5. The molecule has 27 heavy (non-hydrogen) atoms. The smallest absolute Gasteiger partial charge is 0.246 e. The van der Waals surface area contributed by atoms with Gasteiger partial charge in [-0.2, -0.15) is 0 Å². The Morgan fingerprint density at radius 3 is 2.85 bits per heavy atom. The topological polar surface area (TPSA) is 92.2 Å². The van der Waals surface area contributed by atoms with Crippen molar-refractivity contribution >= 4 is 29.0 Å². The van der Waals surface area contributed by atoms with E-state index in [0.29, 0.717) is 5.82 Å². The number of carbonyl (C=O) groups excluding carboxylic acids is 2. The second-order valence-corrected chi connectivity index (χ2v) is 7.34. The summed E-state index contributed by atoms with van der Waals surface area (Å²) in [7, 11) is 2.09. The molecule has 0 atom stereocenters. The summed E-state index contributed by atoms with van der Waals surface area (Å²) in [5, 5.41) is 13.5. The molecule has 1 aliphatic carbocycles. The van der Waals surface area contributed by atoms with Gasteiger partial charge in [-0.15, -0.1) is 5.10 Å². The van der Waals surface area contributed by atoms with Crippen molar-refractivity contribution < 1.29 is 9.59 Å². The van der Waals surface area contributed by atoms with Gasteiger partial charge in [0.05, 0.1) is 6.20 Å². The van der Waals surface area contributed by atoms with Crippen molar-refractivity contribution in [2.75, 3.05) is 29.1 Å². The highest BCUT2D eigenvalue weighted by atomic mass is 16.2. The number of hydrogen-bond donors (Lipinski definition) is 2. The first-order valence-corrected chi connectivity index (χ1v) is 9.43.